The van der Waals surface area contributed by atoms with Gasteiger partial charge in [-0.15, -0.1) is 0 Å². The molecule has 2 rings (SSSR count). The average molecular weight is 343 g/mol. The van der Waals surface area contributed by atoms with Crippen LogP contribution in [0.2, 0.25) is 0 Å². The summed E-state index contributed by atoms with van der Waals surface area (Å²) in [5.74, 6) is 1.20. The molecule has 25 heavy (non-hydrogen) atoms. The van der Waals surface area contributed by atoms with Gasteiger partial charge in [-0.1, -0.05) is 19.1 Å². The largest absolute Gasteiger partial charge is 0.497 e. The van der Waals surface area contributed by atoms with Crippen molar-refractivity contribution in [3.63, 3.8) is 0 Å². The van der Waals surface area contributed by atoms with Crippen LogP contribution in [0.3, 0.4) is 0 Å². The van der Waals surface area contributed by atoms with Gasteiger partial charge in [0.2, 0.25) is 17.7 Å². The zero-order chi connectivity index (χ0) is 18.1. The van der Waals surface area contributed by atoms with Crippen molar-refractivity contribution in [1.29, 1.82) is 0 Å². The molecule has 0 spiro atoms. The van der Waals surface area contributed by atoms with E-state index in [4.69, 9.17) is 9.15 Å². The van der Waals surface area contributed by atoms with Gasteiger partial charge in [0.15, 0.2) is 0 Å². The van der Waals surface area contributed by atoms with Crippen molar-refractivity contribution in [3.8, 4) is 5.75 Å². The molecule has 0 unspecified atom stereocenters. The summed E-state index contributed by atoms with van der Waals surface area (Å²) in [4.78, 5) is 27.4. The van der Waals surface area contributed by atoms with Crippen LogP contribution in [0.5, 0.6) is 5.75 Å². The third-order valence-corrected chi connectivity index (χ3v) is 3.38. The van der Waals surface area contributed by atoms with Crippen LogP contribution < -0.4 is 15.4 Å². The van der Waals surface area contributed by atoms with Crippen molar-refractivity contribution in [2.75, 3.05) is 7.11 Å². The summed E-state index contributed by atoms with van der Waals surface area (Å²) in [7, 11) is 1.59. The monoisotopic (exact) mass is 343 g/mol. The fourth-order valence-electron chi connectivity index (χ4n) is 1.96. The second-order valence-corrected chi connectivity index (χ2v) is 5.19. The van der Waals surface area contributed by atoms with E-state index in [1.165, 1.54) is 12.2 Å². The topological polar surface area (TPSA) is 93.5 Å². The van der Waals surface area contributed by atoms with Crippen LogP contribution in [0.4, 0.5) is 0 Å². The molecule has 0 atom stereocenters. The fraction of sp³-hybridized carbons (Fsp3) is 0.278. The maximum atomic E-state index is 11.7. The molecule has 0 bridgehead atoms. The number of hydrogen-bond acceptors (Lipinski definition) is 5. The third kappa shape index (κ3) is 6.14. The molecule has 0 aliphatic heterocycles. The van der Waals surface area contributed by atoms with Crippen molar-refractivity contribution in [1.82, 2.24) is 15.6 Å². The Morgan fingerprint density at radius 1 is 1.12 bits per heavy atom. The summed E-state index contributed by atoms with van der Waals surface area (Å²) in [6.45, 7) is 2.50. The molecule has 2 aromatic rings. The zero-order valence-electron chi connectivity index (χ0n) is 14.2. The standard InChI is InChI=1S/C18H21N3O4/c1-3-14-11-21-18(25-14)12-20-17(23)9-8-16(22)19-10-13-4-6-15(24-2)7-5-13/h4-9,11H,3,10,12H2,1-2H3,(H,19,22)(H,20,23). The first-order valence-electron chi connectivity index (χ1n) is 7.91. The van der Waals surface area contributed by atoms with Gasteiger partial charge in [-0.25, -0.2) is 4.98 Å². The summed E-state index contributed by atoms with van der Waals surface area (Å²) >= 11 is 0. The lowest BCUT2D eigenvalue weighted by Gasteiger charge is -2.04. The van der Waals surface area contributed by atoms with Gasteiger partial charge in [0.1, 0.15) is 11.5 Å². The van der Waals surface area contributed by atoms with E-state index in [1.54, 1.807) is 13.3 Å². The number of hydrogen-bond donors (Lipinski definition) is 2. The molecule has 7 heteroatoms. The molecule has 0 aliphatic rings. The summed E-state index contributed by atoms with van der Waals surface area (Å²) < 4.78 is 10.4. The van der Waals surface area contributed by atoms with E-state index >= 15 is 0 Å². The predicted molar refractivity (Wildman–Crippen MR) is 91.7 cm³/mol. The summed E-state index contributed by atoms with van der Waals surface area (Å²) in [5, 5.41) is 5.30. The number of carbonyl (C=O) groups excluding carboxylic acids is 2. The van der Waals surface area contributed by atoms with Crippen LogP contribution >= 0.6 is 0 Å². The van der Waals surface area contributed by atoms with E-state index in [-0.39, 0.29) is 12.5 Å². The maximum Gasteiger partial charge on any atom is 0.244 e. The highest BCUT2D eigenvalue weighted by molar-refractivity contribution is 5.96. The molecule has 7 nitrogen and oxygen atoms in total. The van der Waals surface area contributed by atoms with Crippen molar-refractivity contribution < 1.29 is 18.7 Å². The number of benzene rings is 1. The Morgan fingerprint density at radius 2 is 1.76 bits per heavy atom. The van der Waals surface area contributed by atoms with Crippen LogP contribution in [-0.2, 0) is 29.1 Å². The van der Waals surface area contributed by atoms with Gasteiger partial charge >= 0.3 is 0 Å². The second-order valence-electron chi connectivity index (χ2n) is 5.19. The summed E-state index contributed by atoms with van der Waals surface area (Å²) in [6, 6.07) is 7.35. The highest BCUT2D eigenvalue weighted by atomic mass is 16.5. The minimum atomic E-state index is -0.393. The number of aromatic nitrogens is 1. The summed E-state index contributed by atoms with van der Waals surface area (Å²) in [6.07, 6.45) is 4.73. The van der Waals surface area contributed by atoms with Crippen molar-refractivity contribution in [2.45, 2.75) is 26.4 Å². The molecule has 1 aromatic carbocycles. The number of ether oxygens (including phenoxy) is 1. The molecular weight excluding hydrogens is 322 g/mol. The SMILES string of the molecule is CCc1cnc(CNC(=O)C=CC(=O)NCc2ccc(OC)cc2)o1. The Balaban J connectivity index is 1.71. The third-order valence-electron chi connectivity index (χ3n) is 3.38. The van der Waals surface area contributed by atoms with Gasteiger partial charge in [-0.2, -0.15) is 0 Å². The van der Waals surface area contributed by atoms with E-state index in [1.807, 2.05) is 31.2 Å². The molecule has 0 saturated carbocycles. The molecule has 2 N–H and O–H groups in total. The molecule has 132 valence electrons. The molecule has 0 radical (unpaired) electrons. The van der Waals surface area contributed by atoms with Gasteiger partial charge < -0.3 is 19.8 Å². The predicted octanol–water partition coefficient (Wildman–Crippen LogP) is 1.73. The number of rotatable bonds is 8. The number of amides is 2. The van der Waals surface area contributed by atoms with E-state index < -0.39 is 5.91 Å². The smallest absolute Gasteiger partial charge is 0.244 e. The lowest BCUT2D eigenvalue weighted by atomic mass is 10.2. The maximum absolute atomic E-state index is 11.7. The molecule has 0 aliphatic carbocycles. The normalized spacial score (nSPS) is 10.6. The van der Waals surface area contributed by atoms with Gasteiger partial charge in [-0.3, -0.25) is 9.59 Å². The minimum Gasteiger partial charge on any atom is -0.497 e. The number of carbonyl (C=O) groups is 2. The average Bonchev–Trinajstić information content (AvgIpc) is 3.11. The zero-order valence-corrected chi connectivity index (χ0v) is 14.2. The number of nitrogens with one attached hydrogen (secondary N) is 2. The van der Waals surface area contributed by atoms with E-state index in [0.717, 1.165) is 23.5 Å². The van der Waals surface area contributed by atoms with Crippen LogP contribution in [0, 0.1) is 0 Å². The Bertz CT molecular complexity index is 735. The lowest BCUT2D eigenvalue weighted by molar-refractivity contribution is -0.118. The summed E-state index contributed by atoms with van der Waals surface area (Å²) in [5.41, 5.74) is 0.933. The molecular formula is C18H21N3O4. The Labute approximate surface area is 146 Å². The first kappa shape index (κ1) is 18.3. The first-order chi connectivity index (χ1) is 12.1. The van der Waals surface area contributed by atoms with Crippen molar-refractivity contribution in [3.05, 3.63) is 59.8 Å². The number of nitrogens with zero attached hydrogens (tertiary/aromatic N) is 1. The number of aryl methyl sites for hydroxylation is 1. The van der Waals surface area contributed by atoms with Crippen molar-refractivity contribution >= 4 is 11.8 Å². The van der Waals surface area contributed by atoms with Crippen LogP contribution in [-0.4, -0.2) is 23.9 Å². The second kappa shape index (κ2) is 9.27. The van der Waals surface area contributed by atoms with E-state index in [2.05, 4.69) is 15.6 Å². The lowest BCUT2D eigenvalue weighted by Crippen LogP contribution is -2.23. The fourth-order valence-corrected chi connectivity index (χ4v) is 1.96. The quantitative estimate of drug-likeness (QED) is 0.712. The van der Waals surface area contributed by atoms with Gasteiger partial charge in [0, 0.05) is 25.1 Å². The van der Waals surface area contributed by atoms with E-state index in [9.17, 15) is 9.59 Å². The Kier molecular flexibility index (Phi) is 6.76. The molecule has 2 amide bonds. The first-order valence-corrected chi connectivity index (χ1v) is 7.91. The molecule has 0 saturated heterocycles. The Morgan fingerprint density at radius 3 is 2.32 bits per heavy atom. The van der Waals surface area contributed by atoms with Crippen LogP contribution in [0.15, 0.2) is 47.0 Å². The highest BCUT2D eigenvalue weighted by Gasteiger charge is 2.04. The molecule has 0 fully saturated rings. The molecule has 1 aromatic heterocycles. The van der Waals surface area contributed by atoms with Crippen molar-refractivity contribution in [2.24, 2.45) is 0 Å². The number of oxazole rings is 1. The number of methoxy groups -OCH3 is 1. The van der Waals surface area contributed by atoms with Crippen LogP contribution in [0.25, 0.3) is 0 Å². The minimum absolute atomic E-state index is 0.177. The van der Waals surface area contributed by atoms with Gasteiger partial charge in [-0.05, 0) is 17.7 Å². The van der Waals surface area contributed by atoms with Crippen LogP contribution in [0.1, 0.15) is 24.1 Å². The molecule has 1 heterocycles. The van der Waals surface area contributed by atoms with Gasteiger partial charge in [0.25, 0.3) is 0 Å². The highest BCUT2D eigenvalue weighted by Crippen LogP contribution is 2.10. The Hall–Kier alpha value is -3.09. The van der Waals surface area contributed by atoms with Gasteiger partial charge in [0.05, 0.1) is 19.9 Å². The van der Waals surface area contributed by atoms with E-state index in [0.29, 0.717) is 12.4 Å².